The molecule has 0 bridgehead atoms. The molecule has 0 aliphatic carbocycles. The maximum atomic E-state index is 11.5. The predicted molar refractivity (Wildman–Crippen MR) is 96.1 cm³/mol. The molecule has 0 aliphatic rings. The van der Waals surface area contributed by atoms with Crippen LogP contribution in [0, 0.1) is 5.92 Å². The van der Waals surface area contributed by atoms with Crippen molar-refractivity contribution in [1.82, 2.24) is 0 Å². The van der Waals surface area contributed by atoms with Crippen LogP contribution in [0.15, 0.2) is 0 Å². The van der Waals surface area contributed by atoms with Gasteiger partial charge in [0.05, 0.1) is 6.61 Å². The lowest BCUT2D eigenvalue weighted by atomic mass is 10.1. The number of esters is 1. The second-order valence-electron chi connectivity index (χ2n) is 7.04. The average Bonchev–Trinajstić information content (AvgIpc) is 2.48. The van der Waals surface area contributed by atoms with Crippen LogP contribution >= 0.6 is 0 Å². The van der Waals surface area contributed by atoms with E-state index in [0.29, 0.717) is 18.9 Å². The molecule has 0 rings (SSSR count). The molecule has 0 fully saturated rings. The molecule has 0 saturated heterocycles. The van der Waals surface area contributed by atoms with Crippen LogP contribution in [-0.2, 0) is 9.53 Å². The summed E-state index contributed by atoms with van der Waals surface area (Å²) in [7, 11) is 0. The van der Waals surface area contributed by atoms with Crippen molar-refractivity contribution in [3.63, 3.8) is 0 Å². The fourth-order valence-corrected chi connectivity index (χ4v) is 2.68. The van der Waals surface area contributed by atoms with Gasteiger partial charge >= 0.3 is 5.97 Å². The summed E-state index contributed by atoms with van der Waals surface area (Å²) < 4.78 is 5.27. The van der Waals surface area contributed by atoms with Gasteiger partial charge in [0, 0.05) is 6.42 Å². The molecule has 0 aliphatic heterocycles. The highest BCUT2D eigenvalue weighted by molar-refractivity contribution is 5.69. The van der Waals surface area contributed by atoms with Crippen LogP contribution in [0.4, 0.5) is 0 Å². The van der Waals surface area contributed by atoms with Crippen LogP contribution < -0.4 is 0 Å². The minimum absolute atomic E-state index is 0.00673. The summed E-state index contributed by atoms with van der Waals surface area (Å²) >= 11 is 0. The fraction of sp³-hybridized carbons (Fsp3) is 0.950. The van der Waals surface area contributed by atoms with Crippen LogP contribution in [0.25, 0.3) is 0 Å². The van der Waals surface area contributed by atoms with Crippen LogP contribution in [-0.4, -0.2) is 12.6 Å². The Labute approximate surface area is 139 Å². The summed E-state index contributed by atoms with van der Waals surface area (Å²) in [6, 6.07) is 0. The van der Waals surface area contributed by atoms with Crippen molar-refractivity contribution in [2.75, 3.05) is 6.61 Å². The van der Waals surface area contributed by atoms with Gasteiger partial charge in [-0.1, -0.05) is 91.4 Å². The Morgan fingerprint density at radius 3 is 1.77 bits per heavy atom. The van der Waals surface area contributed by atoms with Crippen molar-refractivity contribution >= 4 is 5.97 Å². The maximum Gasteiger partial charge on any atom is 0.305 e. The van der Waals surface area contributed by atoms with E-state index >= 15 is 0 Å². The van der Waals surface area contributed by atoms with Gasteiger partial charge in [0.2, 0.25) is 0 Å². The Hall–Kier alpha value is -0.530. The van der Waals surface area contributed by atoms with Crippen LogP contribution in [0.2, 0.25) is 0 Å². The Bertz CT molecular complexity index is 236. The van der Waals surface area contributed by atoms with Crippen LogP contribution in [0.5, 0.6) is 0 Å². The van der Waals surface area contributed by atoms with Crippen molar-refractivity contribution in [3.8, 4) is 0 Å². The standard InChI is InChI=1S/C20H40O2/c1-4-5-6-7-8-9-10-11-12-13-14-18-22-20(21)17-15-16-19(2)3/h19H,4-18H2,1-3H3. The molecule has 0 amide bonds. The molecule has 0 spiro atoms. The van der Waals surface area contributed by atoms with E-state index in [9.17, 15) is 4.79 Å². The first-order valence-electron chi connectivity index (χ1n) is 9.82. The summed E-state index contributed by atoms with van der Waals surface area (Å²) in [5, 5.41) is 0. The Morgan fingerprint density at radius 1 is 0.773 bits per heavy atom. The zero-order valence-electron chi connectivity index (χ0n) is 15.5. The van der Waals surface area contributed by atoms with E-state index in [1.807, 2.05) is 0 Å². The van der Waals surface area contributed by atoms with E-state index in [1.54, 1.807) is 0 Å². The number of rotatable bonds is 16. The van der Waals surface area contributed by atoms with E-state index in [4.69, 9.17) is 4.74 Å². The second-order valence-corrected chi connectivity index (χ2v) is 7.04. The molecule has 0 aromatic heterocycles. The third-order valence-corrected chi connectivity index (χ3v) is 4.17. The summed E-state index contributed by atoms with van der Waals surface area (Å²) in [5.74, 6) is 0.673. The van der Waals surface area contributed by atoms with Gasteiger partial charge in [0.1, 0.15) is 0 Å². The quantitative estimate of drug-likeness (QED) is 0.235. The molecule has 0 atom stereocenters. The van der Waals surface area contributed by atoms with Gasteiger partial charge in [0.25, 0.3) is 0 Å². The van der Waals surface area contributed by atoms with Crippen LogP contribution in [0.3, 0.4) is 0 Å². The summed E-state index contributed by atoms with van der Waals surface area (Å²) in [4.78, 5) is 11.5. The molecule has 0 unspecified atom stereocenters. The smallest absolute Gasteiger partial charge is 0.305 e. The maximum absolute atomic E-state index is 11.5. The van der Waals surface area contributed by atoms with Crippen molar-refractivity contribution in [2.45, 2.75) is 111 Å². The average molecular weight is 313 g/mol. The van der Waals surface area contributed by atoms with Gasteiger partial charge < -0.3 is 4.74 Å². The number of carbonyl (C=O) groups excluding carboxylic acids is 1. The Balaban J connectivity index is 3.12. The van der Waals surface area contributed by atoms with E-state index in [-0.39, 0.29) is 5.97 Å². The van der Waals surface area contributed by atoms with Gasteiger partial charge in [-0.2, -0.15) is 0 Å². The highest BCUT2D eigenvalue weighted by atomic mass is 16.5. The summed E-state index contributed by atoms with van der Waals surface area (Å²) in [5.41, 5.74) is 0. The first-order valence-corrected chi connectivity index (χ1v) is 9.82. The minimum atomic E-state index is -0.00673. The molecule has 0 radical (unpaired) electrons. The monoisotopic (exact) mass is 312 g/mol. The largest absolute Gasteiger partial charge is 0.466 e. The Morgan fingerprint density at radius 2 is 1.27 bits per heavy atom. The fourth-order valence-electron chi connectivity index (χ4n) is 2.68. The molecule has 0 N–H and O–H groups in total. The third kappa shape index (κ3) is 17.5. The van der Waals surface area contributed by atoms with E-state index in [0.717, 1.165) is 19.3 Å². The number of hydrogen-bond donors (Lipinski definition) is 0. The lowest BCUT2D eigenvalue weighted by molar-refractivity contribution is -0.143. The van der Waals surface area contributed by atoms with Crippen molar-refractivity contribution in [3.05, 3.63) is 0 Å². The third-order valence-electron chi connectivity index (χ3n) is 4.17. The molecule has 0 heterocycles. The molecular weight excluding hydrogens is 272 g/mol. The zero-order valence-corrected chi connectivity index (χ0v) is 15.5. The van der Waals surface area contributed by atoms with Gasteiger partial charge in [-0.3, -0.25) is 4.79 Å². The zero-order chi connectivity index (χ0) is 16.5. The van der Waals surface area contributed by atoms with Crippen LogP contribution in [0.1, 0.15) is 111 Å². The van der Waals surface area contributed by atoms with Gasteiger partial charge in [-0.05, 0) is 18.8 Å². The SMILES string of the molecule is CCCCCCCCCCCCCOC(=O)CCCC(C)C. The molecule has 132 valence electrons. The highest BCUT2D eigenvalue weighted by Crippen LogP contribution is 2.11. The molecule has 2 nitrogen and oxygen atoms in total. The van der Waals surface area contributed by atoms with E-state index in [1.165, 1.54) is 64.2 Å². The van der Waals surface area contributed by atoms with Crippen molar-refractivity contribution < 1.29 is 9.53 Å². The first-order chi connectivity index (χ1) is 10.7. The molecule has 0 aromatic carbocycles. The van der Waals surface area contributed by atoms with E-state index in [2.05, 4.69) is 20.8 Å². The van der Waals surface area contributed by atoms with Gasteiger partial charge in [0.15, 0.2) is 0 Å². The minimum Gasteiger partial charge on any atom is -0.466 e. The van der Waals surface area contributed by atoms with Gasteiger partial charge in [-0.25, -0.2) is 0 Å². The number of hydrogen-bond acceptors (Lipinski definition) is 2. The summed E-state index contributed by atoms with van der Waals surface area (Å²) in [6.07, 6.45) is 17.3. The molecule has 2 heteroatoms. The normalized spacial score (nSPS) is 11.1. The number of ether oxygens (including phenoxy) is 1. The summed E-state index contributed by atoms with van der Waals surface area (Å²) in [6.45, 7) is 7.27. The van der Waals surface area contributed by atoms with Gasteiger partial charge in [-0.15, -0.1) is 0 Å². The lowest BCUT2D eigenvalue weighted by Crippen LogP contribution is -2.06. The molecular formula is C20H40O2. The van der Waals surface area contributed by atoms with E-state index < -0.39 is 0 Å². The lowest BCUT2D eigenvalue weighted by Gasteiger charge is -2.06. The first kappa shape index (κ1) is 21.5. The molecule has 0 aromatic rings. The molecule has 22 heavy (non-hydrogen) atoms. The second kappa shape index (κ2) is 16.8. The van der Waals surface area contributed by atoms with Crippen molar-refractivity contribution in [2.24, 2.45) is 5.92 Å². The predicted octanol–water partition coefficient (Wildman–Crippen LogP) is 6.67. The highest BCUT2D eigenvalue weighted by Gasteiger charge is 2.03. The Kier molecular flexibility index (Phi) is 16.4. The number of unbranched alkanes of at least 4 members (excludes halogenated alkanes) is 10. The van der Waals surface area contributed by atoms with Crippen molar-refractivity contribution in [1.29, 1.82) is 0 Å². The topological polar surface area (TPSA) is 26.3 Å². The number of carbonyl (C=O) groups is 1. The molecule has 0 saturated carbocycles.